The van der Waals surface area contributed by atoms with Gasteiger partial charge in [-0.2, -0.15) is 0 Å². The van der Waals surface area contributed by atoms with Gasteiger partial charge in [0.15, 0.2) is 0 Å². The summed E-state index contributed by atoms with van der Waals surface area (Å²) in [5, 5.41) is 9.96. The van der Waals surface area contributed by atoms with Gasteiger partial charge >= 0.3 is 0 Å². The molecule has 18 heavy (non-hydrogen) atoms. The SMILES string of the molecule is CCC[C@H](O)c1cccc(OCC(CC)CC)c1. The van der Waals surface area contributed by atoms with Crippen LogP contribution in [0.2, 0.25) is 0 Å². The molecule has 0 saturated heterocycles. The summed E-state index contributed by atoms with van der Waals surface area (Å²) >= 11 is 0. The van der Waals surface area contributed by atoms with Gasteiger partial charge in [0.25, 0.3) is 0 Å². The molecule has 0 bridgehead atoms. The lowest BCUT2D eigenvalue weighted by molar-refractivity contribution is 0.165. The summed E-state index contributed by atoms with van der Waals surface area (Å²) in [6.45, 7) is 7.23. The third-order valence-electron chi connectivity index (χ3n) is 3.45. The van der Waals surface area contributed by atoms with Gasteiger partial charge in [0.2, 0.25) is 0 Å². The lowest BCUT2D eigenvalue weighted by Gasteiger charge is -2.15. The molecule has 1 N–H and O–H groups in total. The van der Waals surface area contributed by atoms with Crippen LogP contribution in [0.3, 0.4) is 0 Å². The van der Waals surface area contributed by atoms with Gasteiger partial charge in [0.1, 0.15) is 5.75 Å². The molecule has 1 aromatic carbocycles. The summed E-state index contributed by atoms with van der Waals surface area (Å²) in [4.78, 5) is 0. The molecule has 2 nitrogen and oxygen atoms in total. The second-order valence-electron chi connectivity index (χ2n) is 4.87. The highest BCUT2D eigenvalue weighted by Crippen LogP contribution is 2.23. The van der Waals surface area contributed by atoms with Gasteiger partial charge in [0, 0.05) is 0 Å². The topological polar surface area (TPSA) is 29.5 Å². The highest BCUT2D eigenvalue weighted by Gasteiger charge is 2.08. The fourth-order valence-electron chi connectivity index (χ4n) is 1.99. The maximum absolute atomic E-state index is 9.96. The van der Waals surface area contributed by atoms with E-state index in [-0.39, 0.29) is 6.10 Å². The number of hydrogen-bond donors (Lipinski definition) is 1. The molecule has 2 heteroatoms. The van der Waals surface area contributed by atoms with Crippen molar-refractivity contribution < 1.29 is 9.84 Å². The van der Waals surface area contributed by atoms with Crippen molar-refractivity contribution in [1.29, 1.82) is 0 Å². The van der Waals surface area contributed by atoms with Gasteiger partial charge in [-0.05, 0) is 30.0 Å². The second-order valence-corrected chi connectivity index (χ2v) is 4.87. The molecule has 0 unspecified atom stereocenters. The Hall–Kier alpha value is -1.02. The number of hydrogen-bond acceptors (Lipinski definition) is 2. The Balaban J connectivity index is 2.59. The van der Waals surface area contributed by atoms with E-state index in [1.807, 2.05) is 24.3 Å². The maximum atomic E-state index is 9.96. The lowest BCUT2D eigenvalue weighted by atomic mass is 10.0. The van der Waals surface area contributed by atoms with Crippen LogP contribution in [0.1, 0.15) is 58.1 Å². The van der Waals surface area contributed by atoms with Gasteiger partial charge in [0.05, 0.1) is 12.7 Å². The molecule has 0 saturated carbocycles. The van der Waals surface area contributed by atoms with Crippen LogP contribution in [0.5, 0.6) is 5.75 Å². The van der Waals surface area contributed by atoms with Crippen molar-refractivity contribution in [3.8, 4) is 5.75 Å². The Bertz CT molecular complexity index is 332. The number of rotatable bonds is 8. The Morgan fingerprint density at radius 1 is 1.17 bits per heavy atom. The molecule has 0 aliphatic rings. The van der Waals surface area contributed by atoms with Crippen molar-refractivity contribution in [2.45, 2.75) is 52.6 Å². The zero-order chi connectivity index (χ0) is 13.4. The Labute approximate surface area is 111 Å². The van der Waals surface area contributed by atoms with Gasteiger partial charge in [-0.1, -0.05) is 52.2 Å². The first-order valence-electron chi connectivity index (χ1n) is 7.12. The van der Waals surface area contributed by atoms with Crippen molar-refractivity contribution in [3.63, 3.8) is 0 Å². The standard InChI is InChI=1S/C16H26O2/c1-4-8-16(17)14-9-7-10-15(11-14)18-12-13(5-2)6-3/h7,9-11,13,16-17H,4-6,8,12H2,1-3H3/t16-/m0/s1. The van der Waals surface area contributed by atoms with E-state index in [0.29, 0.717) is 5.92 Å². The van der Waals surface area contributed by atoms with E-state index in [1.165, 1.54) is 0 Å². The predicted octanol–water partition coefficient (Wildman–Crippen LogP) is 4.34. The van der Waals surface area contributed by atoms with Crippen LogP contribution < -0.4 is 4.74 Å². The molecule has 0 radical (unpaired) electrons. The number of aliphatic hydroxyl groups is 1. The van der Waals surface area contributed by atoms with Crippen molar-refractivity contribution in [2.24, 2.45) is 5.92 Å². The molecule has 102 valence electrons. The summed E-state index contributed by atoms with van der Waals surface area (Å²) in [5.74, 6) is 1.49. The minimum Gasteiger partial charge on any atom is -0.493 e. The van der Waals surface area contributed by atoms with Crippen LogP contribution in [0.25, 0.3) is 0 Å². The molecule has 1 aromatic rings. The average molecular weight is 250 g/mol. The molecule has 0 fully saturated rings. The van der Waals surface area contributed by atoms with Crippen LogP contribution in [-0.4, -0.2) is 11.7 Å². The summed E-state index contributed by atoms with van der Waals surface area (Å²) in [6, 6.07) is 7.84. The number of aliphatic hydroxyl groups excluding tert-OH is 1. The van der Waals surface area contributed by atoms with E-state index in [9.17, 15) is 5.11 Å². The highest BCUT2D eigenvalue weighted by molar-refractivity contribution is 5.29. The molecule has 1 atom stereocenters. The van der Waals surface area contributed by atoms with E-state index < -0.39 is 0 Å². The monoisotopic (exact) mass is 250 g/mol. The van der Waals surface area contributed by atoms with E-state index in [2.05, 4.69) is 20.8 Å². The zero-order valence-corrected chi connectivity index (χ0v) is 11.9. The van der Waals surface area contributed by atoms with Gasteiger partial charge < -0.3 is 9.84 Å². The van der Waals surface area contributed by atoms with Crippen molar-refractivity contribution in [1.82, 2.24) is 0 Å². The fourth-order valence-corrected chi connectivity index (χ4v) is 1.99. The normalized spacial score (nSPS) is 12.7. The van der Waals surface area contributed by atoms with Gasteiger partial charge in [-0.15, -0.1) is 0 Å². The quantitative estimate of drug-likeness (QED) is 0.744. The molecular formula is C16H26O2. The maximum Gasteiger partial charge on any atom is 0.119 e. The Morgan fingerprint density at radius 3 is 2.50 bits per heavy atom. The first kappa shape index (κ1) is 15.0. The molecular weight excluding hydrogens is 224 g/mol. The van der Waals surface area contributed by atoms with Gasteiger partial charge in [-0.25, -0.2) is 0 Å². The summed E-state index contributed by atoms with van der Waals surface area (Å²) in [7, 11) is 0. The Kier molecular flexibility index (Phi) is 6.81. The van der Waals surface area contributed by atoms with Crippen LogP contribution in [-0.2, 0) is 0 Å². The minimum atomic E-state index is -0.369. The summed E-state index contributed by atoms with van der Waals surface area (Å²) in [6.07, 6.45) is 3.71. The van der Waals surface area contributed by atoms with Crippen molar-refractivity contribution in [2.75, 3.05) is 6.61 Å². The second kappa shape index (κ2) is 8.15. The summed E-state index contributed by atoms with van der Waals surface area (Å²) in [5.41, 5.74) is 0.957. The Morgan fingerprint density at radius 2 is 1.89 bits per heavy atom. The number of benzene rings is 1. The molecule has 0 aliphatic carbocycles. The van der Waals surface area contributed by atoms with Crippen LogP contribution >= 0.6 is 0 Å². The highest BCUT2D eigenvalue weighted by atomic mass is 16.5. The van der Waals surface area contributed by atoms with Crippen LogP contribution in [0.15, 0.2) is 24.3 Å². The largest absolute Gasteiger partial charge is 0.493 e. The van der Waals surface area contributed by atoms with Gasteiger partial charge in [-0.3, -0.25) is 0 Å². The van der Waals surface area contributed by atoms with E-state index >= 15 is 0 Å². The molecule has 0 aliphatic heterocycles. The van der Waals surface area contributed by atoms with Crippen LogP contribution in [0, 0.1) is 5.92 Å². The zero-order valence-electron chi connectivity index (χ0n) is 11.9. The molecule has 0 heterocycles. The number of ether oxygens (including phenoxy) is 1. The fraction of sp³-hybridized carbons (Fsp3) is 0.625. The first-order chi connectivity index (χ1) is 8.71. The van der Waals surface area contributed by atoms with E-state index in [4.69, 9.17) is 4.74 Å². The van der Waals surface area contributed by atoms with Crippen LogP contribution in [0.4, 0.5) is 0 Å². The predicted molar refractivity (Wildman–Crippen MR) is 75.9 cm³/mol. The third-order valence-corrected chi connectivity index (χ3v) is 3.45. The van der Waals surface area contributed by atoms with Crippen molar-refractivity contribution in [3.05, 3.63) is 29.8 Å². The van der Waals surface area contributed by atoms with Crippen molar-refractivity contribution >= 4 is 0 Å². The lowest BCUT2D eigenvalue weighted by Crippen LogP contribution is -2.10. The molecule has 0 aromatic heterocycles. The molecule has 0 spiro atoms. The minimum absolute atomic E-state index is 0.369. The molecule has 0 amide bonds. The summed E-state index contributed by atoms with van der Waals surface area (Å²) < 4.78 is 5.81. The molecule has 1 rings (SSSR count). The smallest absolute Gasteiger partial charge is 0.119 e. The van der Waals surface area contributed by atoms with E-state index in [1.54, 1.807) is 0 Å². The third kappa shape index (κ3) is 4.69. The first-order valence-corrected chi connectivity index (χ1v) is 7.12. The van der Waals surface area contributed by atoms with E-state index in [0.717, 1.165) is 43.6 Å². The average Bonchev–Trinajstić information content (AvgIpc) is 2.40.